The molecule has 0 aliphatic rings. The molecule has 0 saturated carbocycles. The smallest absolute Gasteiger partial charge is 0.247 e. The fraction of sp³-hybridized carbons (Fsp3) is 0.185. The minimum Gasteiger partial charge on any atom is -0.497 e. The molecule has 1 N–H and O–H groups in total. The van der Waals surface area contributed by atoms with Gasteiger partial charge in [-0.15, -0.1) is 11.3 Å². The molecule has 6 nitrogen and oxygen atoms in total. The van der Waals surface area contributed by atoms with Crippen LogP contribution < -0.4 is 10.1 Å². The number of halogens is 1. The number of ether oxygens (including phenoxy) is 1. The summed E-state index contributed by atoms with van der Waals surface area (Å²) in [6.45, 7) is 0.230. The van der Waals surface area contributed by atoms with Crippen molar-refractivity contribution in [1.29, 1.82) is 0 Å². The van der Waals surface area contributed by atoms with Gasteiger partial charge in [-0.3, -0.25) is 9.59 Å². The Balaban J connectivity index is 1.64. The minimum absolute atomic E-state index is 0.0200. The number of thiophene rings is 1. The molecule has 180 valence electrons. The van der Waals surface area contributed by atoms with Crippen LogP contribution in [0.3, 0.4) is 0 Å². The number of hydrogen-bond acceptors (Lipinski definition) is 5. The first-order chi connectivity index (χ1) is 17.0. The van der Waals surface area contributed by atoms with Crippen molar-refractivity contribution in [2.75, 3.05) is 7.11 Å². The Labute approximate surface area is 207 Å². The van der Waals surface area contributed by atoms with Crippen molar-refractivity contribution in [3.63, 3.8) is 0 Å². The van der Waals surface area contributed by atoms with Crippen molar-refractivity contribution < 1.29 is 23.1 Å². The third-order valence-electron chi connectivity index (χ3n) is 5.52. The van der Waals surface area contributed by atoms with Gasteiger partial charge in [0, 0.05) is 17.0 Å². The lowest BCUT2D eigenvalue weighted by atomic mass is 10.0. The molecule has 0 radical (unpaired) electrons. The largest absolute Gasteiger partial charge is 0.497 e. The molecular weight excluding hydrogens is 467 g/mol. The number of carbonyl (C=O) groups excluding carboxylic acids is 2. The predicted octanol–water partition coefficient (Wildman–Crippen LogP) is 5.12. The van der Waals surface area contributed by atoms with Gasteiger partial charge in [0.1, 0.15) is 23.4 Å². The zero-order valence-corrected chi connectivity index (χ0v) is 20.0. The number of nitrogens with one attached hydrogen (secondary N) is 1. The Morgan fingerprint density at radius 1 is 1.06 bits per heavy atom. The van der Waals surface area contributed by atoms with Crippen LogP contribution in [-0.4, -0.2) is 23.8 Å². The summed E-state index contributed by atoms with van der Waals surface area (Å²) >= 11 is 1.45. The maximum atomic E-state index is 15.0. The summed E-state index contributed by atoms with van der Waals surface area (Å²) < 4.78 is 25.6. The number of hydrogen-bond donors (Lipinski definition) is 1. The quantitative estimate of drug-likeness (QED) is 0.334. The molecule has 2 aromatic carbocycles. The average molecular weight is 493 g/mol. The van der Waals surface area contributed by atoms with Gasteiger partial charge in [-0.25, -0.2) is 4.39 Å². The number of carbonyl (C=O) groups is 2. The highest BCUT2D eigenvalue weighted by molar-refractivity contribution is 7.10. The first kappa shape index (κ1) is 24.2. The van der Waals surface area contributed by atoms with E-state index in [0.29, 0.717) is 11.5 Å². The summed E-state index contributed by atoms with van der Waals surface area (Å²) in [5.41, 5.74) is 0.958. The monoisotopic (exact) mass is 492 g/mol. The second-order valence-corrected chi connectivity index (χ2v) is 8.88. The number of rotatable bonds is 10. The number of furan rings is 1. The lowest BCUT2D eigenvalue weighted by Crippen LogP contribution is -2.44. The summed E-state index contributed by atoms with van der Waals surface area (Å²) in [6, 6.07) is 19.2. The van der Waals surface area contributed by atoms with Gasteiger partial charge in [0.05, 0.1) is 26.3 Å². The molecule has 0 saturated heterocycles. The molecule has 0 unspecified atom stereocenters. The molecule has 2 heterocycles. The first-order valence-corrected chi connectivity index (χ1v) is 11.9. The van der Waals surface area contributed by atoms with Crippen molar-refractivity contribution in [1.82, 2.24) is 10.2 Å². The van der Waals surface area contributed by atoms with Gasteiger partial charge in [-0.05, 0) is 47.3 Å². The van der Waals surface area contributed by atoms with Crippen LogP contribution in [0.1, 0.15) is 27.8 Å². The fourth-order valence-electron chi connectivity index (χ4n) is 3.73. The van der Waals surface area contributed by atoms with E-state index in [2.05, 4.69) is 5.32 Å². The Hall–Kier alpha value is -3.91. The van der Waals surface area contributed by atoms with Crippen LogP contribution in [0, 0.1) is 5.82 Å². The molecule has 0 aliphatic heterocycles. The third-order valence-corrected chi connectivity index (χ3v) is 6.39. The van der Waals surface area contributed by atoms with Crippen LogP contribution in [0.25, 0.3) is 0 Å². The Bertz CT molecular complexity index is 1240. The number of methoxy groups -OCH3 is 1. The summed E-state index contributed by atoms with van der Waals surface area (Å²) in [5.74, 6) is -0.166. The zero-order chi connectivity index (χ0) is 24.6. The fourth-order valence-corrected chi connectivity index (χ4v) is 4.43. The van der Waals surface area contributed by atoms with Gasteiger partial charge in [-0.1, -0.05) is 36.4 Å². The summed E-state index contributed by atoms with van der Waals surface area (Å²) in [7, 11) is 1.58. The van der Waals surface area contributed by atoms with Crippen LogP contribution >= 0.6 is 11.3 Å². The SMILES string of the molecule is COc1ccc(CNC(=O)[C@@H](c2ccccc2F)N(Cc2ccco2)C(=O)Cc2cccs2)cc1. The van der Waals surface area contributed by atoms with E-state index in [1.807, 2.05) is 29.6 Å². The lowest BCUT2D eigenvalue weighted by Gasteiger charge is -2.31. The van der Waals surface area contributed by atoms with E-state index in [4.69, 9.17) is 9.15 Å². The Kier molecular flexibility index (Phi) is 7.95. The minimum atomic E-state index is -1.19. The second-order valence-electron chi connectivity index (χ2n) is 7.85. The Morgan fingerprint density at radius 3 is 2.51 bits per heavy atom. The van der Waals surface area contributed by atoms with Crippen molar-refractivity contribution in [3.8, 4) is 5.75 Å². The highest BCUT2D eigenvalue weighted by Crippen LogP contribution is 2.28. The van der Waals surface area contributed by atoms with E-state index in [-0.39, 0.29) is 31.0 Å². The van der Waals surface area contributed by atoms with E-state index in [0.717, 1.165) is 10.4 Å². The van der Waals surface area contributed by atoms with Crippen molar-refractivity contribution >= 4 is 23.2 Å². The highest BCUT2D eigenvalue weighted by Gasteiger charge is 2.34. The number of nitrogens with zero attached hydrogens (tertiary/aromatic N) is 1. The Morgan fingerprint density at radius 2 is 1.86 bits per heavy atom. The molecule has 0 spiro atoms. The van der Waals surface area contributed by atoms with Crippen molar-refractivity contribution in [3.05, 3.63) is 112 Å². The highest BCUT2D eigenvalue weighted by atomic mass is 32.1. The molecule has 0 bridgehead atoms. The predicted molar refractivity (Wildman–Crippen MR) is 131 cm³/mol. The molecule has 1 atom stereocenters. The number of amides is 2. The molecule has 4 aromatic rings. The van der Waals surface area contributed by atoms with E-state index < -0.39 is 17.8 Å². The van der Waals surface area contributed by atoms with Crippen molar-refractivity contribution in [2.45, 2.75) is 25.6 Å². The zero-order valence-electron chi connectivity index (χ0n) is 19.1. The van der Waals surface area contributed by atoms with E-state index in [1.54, 1.807) is 43.5 Å². The standard InChI is InChI=1S/C27H25FN2O4S/c1-33-20-12-10-19(11-13-20)17-29-27(32)26(23-8-2-3-9-24(23)28)30(18-21-6-4-14-34-21)25(31)16-22-7-5-15-35-22/h2-15,26H,16-18H2,1H3,(H,29,32)/t26-/m1/s1. The maximum Gasteiger partial charge on any atom is 0.247 e. The van der Waals surface area contributed by atoms with Crippen LogP contribution in [0.4, 0.5) is 4.39 Å². The van der Waals surface area contributed by atoms with E-state index in [1.165, 1.54) is 34.6 Å². The first-order valence-electron chi connectivity index (χ1n) is 11.0. The summed E-state index contributed by atoms with van der Waals surface area (Å²) in [6.07, 6.45) is 1.59. The maximum absolute atomic E-state index is 15.0. The lowest BCUT2D eigenvalue weighted by molar-refractivity contribution is -0.141. The topological polar surface area (TPSA) is 71.8 Å². The second kappa shape index (κ2) is 11.5. The van der Waals surface area contributed by atoms with Crippen LogP contribution in [0.5, 0.6) is 5.75 Å². The van der Waals surface area contributed by atoms with Crippen LogP contribution in [0.2, 0.25) is 0 Å². The van der Waals surface area contributed by atoms with Crippen molar-refractivity contribution in [2.24, 2.45) is 0 Å². The molecular formula is C27H25FN2O4S. The summed E-state index contributed by atoms with van der Waals surface area (Å²) in [4.78, 5) is 29.3. The van der Waals surface area contributed by atoms with Gasteiger partial charge in [0.2, 0.25) is 11.8 Å². The molecule has 0 fully saturated rings. The van der Waals surface area contributed by atoms with Gasteiger partial charge in [0.25, 0.3) is 0 Å². The molecule has 0 aliphatic carbocycles. The molecule has 4 rings (SSSR count). The van der Waals surface area contributed by atoms with Gasteiger partial charge in [-0.2, -0.15) is 0 Å². The van der Waals surface area contributed by atoms with Crippen LogP contribution in [0.15, 0.2) is 88.9 Å². The number of benzene rings is 2. The molecule has 8 heteroatoms. The van der Waals surface area contributed by atoms with E-state index in [9.17, 15) is 14.0 Å². The van der Waals surface area contributed by atoms with Crippen LogP contribution in [-0.2, 0) is 29.1 Å². The molecule has 2 aromatic heterocycles. The third kappa shape index (κ3) is 6.16. The van der Waals surface area contributed by atoms with Gasteiger partial charge in [0.15, 0.2) is 0 Å². The average Bonchev–Trinajstić information content (AvgIpc) is 3.58. The van der Waals surface area contributed by atoms with E-state index >= 15 is 0 Å². The molecule has 35 heavy (non-hydrogen) atoms. The van der Waals surface area contributed by atoms with Gasteiger partial charge >= 0.3 is 0 Å². The summed E-state index contributed by atoms with van der Waals surface area (Å²) in [5, 5.41) is 4.75. The molecule has 2 amide bonds. The normalized spacial score (nSPS) is 11.6. The van der Waals surface area contributed by atoms with Gasteiger partial charge < -0.3 is 19.4 Å².